The number of rotatable bonds is 5. The van der Waals surface area contributed by atoms with Crippen LogP contribution in [0.15, 0.2) is 40.7 Å². The van der Waals surface area contributed by atoms with Gasteiger partial charge in [0.25, 0.3) is 0 Å². The molecule has 8 heteroatoms. The summed E-state index contributed by atoms with van der Waals surface area (Å²) in [6, 6.07) is 11.4. The van der Waals surface area contributed by atoms with E-state index in [9.17, 15) is 4.79 Å². The van der Waals surface area contributed by atoms with Crippen LogP contribution in [0, 0.1) is 0 Å². The Morgan fingerprint density at radius 1 is 1.35 bits per heavy atom. The van der Waals surface area contributed by atoms with Gasteiger partial charge in [-0.15, -0.1) is 11.3 Å². The second kappa shape index (κ2) is 7.84. The van der Waals surface area contributed by atoms with Crippen LogP contribution in [0.2, 0.25) is 5.02 Å². The molecule has 0 unspecified atom stereocenters. The van der Waals surface area contributed by atoms with Gasteiger partial charge in [-0.1, -0.05) is 35.5 Å². The number of benzene rings is 2. The Labute approximate surface area is 163 Å². The first-order valence-corrected chi connectivity index (χ1v) is 10.0. The number of hydrogen-bond donors (Lipinski definition) is 0. The third kappa shape index (κ3) is 3.96. The zero-order valence-corrected chi connectivity index (χ0v) is 16.0. The van der Waals surface area contributed by atoms with Gasteiger partial charge in [-0.05, 0) is 24.3 Å². The summed E-state index contributed by atoms with van der Waals surface area (Å²) in [6.07, 6.45) is 0. The monoisotopic (exact) mass is 407 g/mol. The number of thioether (sulfide) groups is 1. The highest BCUT2D eigenvalue weighted by molar-refractivity contribution is 8.01. The standard InChI is InChI=1S/C18H14ClNO4S2/c19-13-5-11-7-22-10-24-17(11)12(6-13)8-23-16(21)9-25-18-20-14-3-1-2-4-15(14)26-18/h1-6H,7-10H2. The van der Waals surface area contributed by atoms with Gasteiger partial charge in [-0.3, -0.25) is 4.79 Å². The van der Waals surface area contributed by atoms with Crippen LogP contribution in [0.1, 0.15) is 11.1 Å². The lowest BCUT2D eigenvalue weighted by Crippen LogP contribution is -2.14. The molecule has 2 heterocycles. The van der Waals surface area contributed by atoms with Crippen LogP contribution in [-0.4, -0.2) is 23.5 Å². The van der Waals surface area contributed by atoms with Crippen molar-refractivity contribution in [2.45, 2.75) is 17.6 Å². The predicted molar refractivity (Wildman–Crippen MR) is 102 cm³/mol. The molecule has 3 aromatic rings. The van der Waals surface area contributed by atoms with Crippen LogP contribution in [0.25, 0.3) is 10.2 Å². The smallest absolute Gasteiger partial charge is 0.316 e. The van der Waals surface area contributed by atoms with E-state index in [-0.39, 0.29) is 25.1 Å². The van der Waals surface area contributed by atoms with Gasteiger partial charge in [0.05, 0.1) is 22.6 Å². The van der Waals surface area contributed by atoms with Gasteiger partial charge in [-0.25, -0.2) is 4.98 Å². The van der Waals surface area contributed by atoms with Crippen molar-refractivity contribution in [3.05, 3.63) is 52.5 Å². The molecular formula is C18H14ClNO4S2. The summed E-state index contributed by atoms with van der Waals surface area (Å²) in [4.78, 5) is 16.6. The molecule has 1 aliphatic heterocycles. The molecule has 0 saturated heterocycles. The minimum Gasteiger partial charge on any atom is -0.467 e. The van der Waals surface area contributed by atoms with E-state index in [1.165, 1.54) is 11.8 Å². The van der Waals surface area contributed by atoms with E-state index in [0.29, 0.717) is 17.4 Å². The Morgan fingerprint density at radius 2 is 2.23 bits per heavy atom. The van der Waals surface area contributed by atoms with Crippen LogP contribution in [0.5, 0.6) is 5.75 Å². The third-order valence-corrected chi connectivity index (χ3v) is 6.10. The second-order valence-electron chi connectivity index (χ2n) is 5.56. The number of aromatic nitrogens is 1. The van der Waals surface area contributed by atoms with Gasteiger partial charge >= 0.3 is 5.97 Å². The Bertz CT molecular complexity index is 927. The Hall–Kier alpha value is -1.80. The second-order valence-corrected chi connectivity index (χ2v) is 8.25. The minimum absolute atomic E-state index is 0.113. The van der Waals surface area contributed by atoms with Gasteiger partial charge in [0.15, 0.2) is 11.1 Å². The molecule has 1 aliphatic rings. The van der Waals surface area contributed by atoms with Crippen molar-refractivity contribution in [1.29, 1.82) is 0 Å². The van der Waals surface area contributed by atoms with E-state index in [1.54, 1.807) is 23.5 Å². The SMILES string of the molecule is O=C(CSc1nc2ccccc2s1)OCc1cc(Cl)cc2c1OCOC2. The molecule has 0 N–H and O–H groups in total. The lowest BCUT2D eigenvalue weighted by atomic mass is 10.1. The number of para-hydroxylation sites is 1. The summed E-state index contributed by atoms with van der Waals surface area (Å²) in [7, 11) is 0. The van der Waals surface area contributed by atoms with E-state index in [2.05, 4.69) is 4.98 Å². The van der Waals surface area contributed by atoms with Gasteiger partial charge in [0.1, 0.15) is 12.4 Å². The van der Waals surface area contributed by atoms with E-state index < -0.39 is 0 Å². The van der Waals surface area contributed by atoms with Gasteiger partial charge in [0, 0.05) is 16.1 Å². The maximum atomic E-state index is 12.1. The summed E-state index contributed by atoms with van der Waals surface area (Å²) in [5.74, 6) is 0.578. The van der Waals surface area contributed by atoms with Gasteiger partial charge in [-0.2, -0.15) is 0 Å². The molecule has 134 valence electrons. The molecule has 0 bridgehead atoms. The normalized spacial score (nSPS) is 13.3. The van der Waals surface area contributed by atoms with Crippen LogP contribution in [0.4, 0.5) is 0 Å². The topological polar surface area (TPSA) is 57.7 Å². The minimum atomic E-state index is -0.310. The number of thiazole rings is 1. The maximum absolute atomic E-state index is 12.1. The van der Waals surface area contributed by atoms with Crippen molar-refractivity contribution >= 4 is 50.9 Å². The predicted octanol–water partition coefficient (Wildman–Crippen LogP) is 4.65. The van der Waals surface area contributed by atoms with Gasteiger partial charge in [0.2, 0.25) is 0 Å². The van der Waals surface area contributed by atoms with Crippen LogP contribution in [0.3, 0.4) is 0 Å². The number of carbonyl (C=O) groups excluding carboxylic acids is 1. The van der Waals surface area contributed by atoms with E-state index in [0.717, 1.165) is 25.7 Å². The molecule has 26 heavy (non-hydrogen) atoms. The molecule has 4 rings (SSSR count). The number of halogens is 1. The van der Waals surface area contributed by atoms with Crippen LogP contribution < -0.4 is 4.74 Å². The van der Waals surface area contributed by atoms with E-state index in [4.69, 9.17) is 25.8 Å². The largest absolute Gasteiger partial charge is 0.467 e. The Morgan fingerprint density at radius 3 is 3.12 bits per heavy atom. The molecule has 0 radical (unpaired) electrons. The van der Waals surface area contributed by atoms with Crippen molar-refractivity contribution < 1.29 is 19.0 Å². The molecule has 0 amide bonds. The van der Waals surface area contributed by atoms with E-state index >= 15 is 0 Å². The molecule has 0 spiro atoms. The maximum Gasteiger partial charge on any atom is 0.316 e. The van der Waals surface area contributed by atoms with Crippen molar-refractivity contribution in [3.8, 4) is 5.75 Å². The average molecular weight is 408 g/mol. The highest BCUT2D eigenvalue weighted by atomic mass is 35.5. The fraction of sp³-hybridized carbons (Fsp3) is 0.222. The third-order valence-electron chi connectivity index (χ3n) is 3.73. The quantitative estimate of drug-likeness (QED) is 0.453. The lowest BCUT2D eigenvalue weighted by molar-refractivity contribution is -0.141. The van der Waals surface area contributed by atoms with Crippen molar-refractivity contribution in [3.63, 3.8) is 0 Å². The fourth-order valence-corrected chi connectivity index (χ4v) is 4.73. The van der Waals surface area contributed by atoms with Crippen molar-refractivity contribution in [2.24, 2.45) is 0 Å². The summed E-state index contributed by atoms with van der Waals surface area (Å²) >= 11 is 9.06. The molecule has 0 fully saturated rings. The summed E-state index contributed by atoms with van der Waals surface area (Å²) in [5, 5.41) is 0.563. The lowest BCUT2D eigenvalue weighted by Gasteiger charge is -2.21. The summed E-state index contributed by atoms with van der Waals surface area (Å²) in [6.45, 7) is 0.732. The highest BCUT2D eigenvalue weighted by Crippen LogP contribution is 2.32. The molecule has 5 nitrogen and oxygen atoms in total. The molecule has 1 aromatic heterocycles. The zero-order chi connectivity index (χ0) is 17.9. The number of esters is 1. The van der Waals surface area contributed by atoms with Crippen LogP contribution >= 0.6 is 34.7 Å². The number of ether oxygens (including phenoxy) is 3. The fourth-order valence-electron chi connectivity index (χ4n) is 2.60. The number of carbonyl (C=O) groups is 1. The first kappa shape index (κ1) is 17.6. The van der Waals surface area contributed by atoms with Crippen LogP contribution in [-0.2, 0) is 27.5 Å². The van der Waals surface area contributed by atoms with Crippen molar-refractivity contribution in [1.82, 2.24) is 4.98 Å². The molecule has 2 aromatic carbocycles. The summed E-state index contributed by atoms with van der Waals surface area (Å²) in [5.41, 5.74) is 2.55. The van der Waals surface area contributed by atoms with Crippen molar-refractivity contribution in [2.75, 3.05) is 12.5 Å². The average Bonchev–Trinajstić information content (AvgIpc) is 3.07. The molecule has 0 aliphatic carbocycles. The molecular weight excluding hydrogens is 394 g/mol. The summed E-state index contributed by atoms with van der Waals surface area (Å²) < 4.78 is 18.1. The first-order chi connectivity index (χ1) is 12.7. The first-order valence-electron chi connectivity index (χ1n) is 7.85. The molecule has 0 atom stereocenters. The van der Waals surface area contributed by atoms with Gasteiger partial charge < -0.3 is 14.2 Å². The van der Waals surface area contributed by atoms with E-state index in [1.807, 2.05) is 24.3 Å². The number of fused-ring (bicyclic) bond motifs is 2. The zero-order valence-electron chi connectivity index (χ0n) is 13.6. The number of nitrogens with zero attached hydrogens (tertiary/aromatic N) is 1. The number of hydrogen-bond acceptors (Lipinski definition) is 7. The highest BCUT2D eigenvalue weighted by Gasteiger charge is 2.18. The Balaban J connectivity index is 1.36. The molecule has 0 saturated carbocycles. The Kier molecular flexibility index (Phi) is 5.31.